The fourth-order valence-electron chi connectivity index (χ4n) is 4.76. The third-order valence-electron chi connectivity index (χ3n) is 6.87. The summed E-state index contributed by atoms with van der Waals surface area (Å²) in [5, 5.41) is 3.06. The molecule has 3 atom stereocenters. The molecule has 39 heavy (non-hydrogen) atoms. The standard InChI is InChI=1S/C32H34NO5P/c1-21(2)27-20-37-32(36)33(27)30(34)23(5)29(22(3)4)38-31(35)26-18-12-13-19-28(26)39(24-14-8-6-9-15-24)25-16-10-7-11-17-25/h6-19,21,23,27,29H,3,20H2,1-2,4-5H3/t23-,27-,29?/m0/s1. The maximum atomic E-state index is 13.8. The molecule has 4 rings (SSSR count). The second kappa shape index (κ2) is 12.4. The summed E-state index contributed by atoms with van der Waals surface area (Å²) in [6.45, 7) is 11.4. The van der Waals surface area contributed by atoms with Gasteiger partial charge in [-0.05, 0) is 55.2 Å². The maximum Gasteiger partial charge on any atom is 0.416 e. The van der Waals surface area contributed by atoms with Crippen LogP contribution in [0, 0.1) is 11.8 Å². The van der Waals surface area contributed by atoms with Gasteiger partial charge in [0.15, 0.2) is 0 Å². The zero-order valence-corrected chi connectivity index (χ0v) is 23.6. The van der Waals surface area contributed by atoms with Crippen LogP contribution in [0.2, 0.25) is 0 Å². The molecule has 0 spiro atoms. The van der Waals surface area contributed by atoms with Crippen LogP contribution in [-0.2, 0) is 14.3 Å². The number of hydrogen-bond acceptors (Lipinski definition) is 5. The predicted molar refractivity (Wildman–Crippen MR) is 155 cm³/mol. The minimum atomic E-state index is -1.05. The lowest BCUT2D eigenvalue weighted by molar-refractivity contribution is -0.136. The van der Waals surface area contributed by atoms with E-state index in [4.69, 9.17) is 9.47 Å². The van der Waals surface area contributed by atoms with Gasteiger partial charge in [-0.15, -0.1) is 0 Å². The normalized spacial score (nSPS) is 16.6. The number of cyclic esters (lactones) is 1. The van der Waals surface area contributed by atoms with Crippen molar-refractivity contribution in [3.8, 4) is 0 Å². The van der Waals surface area contributed by atoms with E-state index in [1.807, 2.05) is 62.4 Å². The Bertz CT molecular complexity index is 1300. The van der Waals surface area contributed by atoms with E-state index in [9.17, 15) is 14.4 Å². The van der Waals surface area contributed by atoms with E-state index in [-0.39, 0.29) is 18.6 Å². The topological polar surface area (TPSA) is 72.9 Å². The highest BCUT2D eigenvalue weighted by Gasteiger charge is 2.43. The minimum absolute atomic E-state index is 0.0283. The highest BCUT2D eigenvalue weighted by Crippen LogP contribution is 2.34. The molecule has 0 bridgehead atoms. The smallest absolute Gasteiger partial charge is 0.416 e. The molecule has 1 fully saturated rings. The molecular formula is C32H34NO5P. The Morgan fingerprint density at radius 3 is 2.00 bits per heavy atom. The van der Waals surface area contributed by atoms with Gasteiger partial charge in [0, 0.05) is 0 Å². The number of amides is 2. The maximum absolute atomic E-state index is 13.8. The first-order valence-electron chi connectivity index (χ1n) is 13.1. The van der Waals surface area contributed by atoms with E-state index < -0.39 is 37.9 Å². The van der Waals surface area contributed by atoms with Crippen LogP contribution in [0.25, 0.3) is 0 Å². The number of ether oxygens (including phenoxy) is 2. The van der Waals surface area contributed by atoms with E-state index in [0.717, 1.165) is 20.8 Å². The minimum Gasteiger partial charge on any atom is -0.453 e. The van der Waals surface area contributed by atoms with E-state index in [1.165, 1.54) is 0 Å². The van der Waals surface area contributed by atoms with E-state index >= 15 is 0 Å². The van der Waals surface area contributed by atoms with Crippen molar-refractivity contribution in [3.63, 3.8) is 0 Å². The zero-order chi connectivity index (χ0) is 28.1. The summed E-state index contributed by atoms with van der Waals surface area (Å²) < 4.78 is 11.2. The molecule has 0 radical (unpaired) electrons. The molecular weight excluding hydrogens is 509 g/mol. The summed E-state index contributed by atoms with van der Waals surface area (Å²) in [4.78, 5) is 40.8. The molecule has 0 N–H and O–H groups in total. The van der Waals surface area contributed by atoms with Crippen molar-refractivity contribution in [2.45, 2.75) is 39.8 Å². The summed E-state index contributed by atoms with van der Waals surface area (Å²) >= 11 is 0. The Hall–Kier alpha value is -3.76. The number of benzene rings is 3. The molecule has 202 valence electrons. The van der Waals surface area contributed by atoms with Gasteiger partial charge in [-0.25, -0.2) is 14.5 Å². The number of hydrogen-bond donors (Lipinski definition) is 0. The van der Waals surface area contributed by atoms with Crippen molar-refractivity contribution in [3.05, 3.63) is 103 Å². The second-order valence-electron chi connectivity index (χ2n) is 10.1. The number of nitrogens with zero attached hydrogens (tertiary/aromatic N) is 1. The van der Waals surface area contributed by atoms with Crippen molar-refractivity contribution in [2.75, 3.05) is 6.61 Å². The first-order valence-corrected chi connectivity index (χ1v) is 14.4. The molecule has 0 aromatic heterocycles. The van der Waals surface area contributed by atoms with Crippen LogP contribution < -0.4 is 15.9 Å². The number of carbonyl (C=O) groups is 3. The van der Waals surface area contributed by atoms with Gasteiger partial charge in [-0.1, -0.05) is 99.3 Å². The lowest BCUT2D eigenvalue weighted by Gasteiger charge is -2.30. The van der Waals surface area contributed by atoms with Gasteiger partial charge in [-0.3, -0.25) is 4.79 Å². The Balaban J connectivity index is 1.66. The summed E-state index contributed by atoms with van der Waals surface area (Å²) in [7, 11) is -1.05. The Morgan fingerprint density at radius 1 is 0.923 bits per heavy atom. The molecule has 1 aliphatic rings. The number of imide groups is 1. The Kier molecular flexibility index (Phi) is 8.98. The number of carbonyl (C=O) groups excluding carboxylic acids is 3. The predicted octanol–water partition coefficient (Wildman–Crippen LogP) is 5.19. The molecule has 1 unspecified atom stereocenters. The van der Waals surface area contributed by atoms with E-state index in [0.29, 0.717) is 11.1 Å². The van der Waals surface area contributed by atoms with Crippen LogP contribution in [0.5, 0.6) is 0 Å². The third-order valence-corrected chi connectivity index (χ3v) is 9.37. The van der Waals surface area contributed by atoms with E-state index in [1.54, 1.807) is 26.0 Å². The first-order chi connectivity index (χ1) is 18.7. The van der Waals surface area contributed by atoms with Crippen molar-refractivity contribution in [1.82, 2.24) is 4.90 Å². The summed E-state index contributed by atoms with van der Waals surface area (Å²) in [5.74, 6) is -1.78. The van der Waals surface area contributed by atoms with Crippen LogP contribution in [0.1, 0.15) is 38.1 Å². The molecule has 1 heterocycles. The SMILES string of the molecule is C=C(C)C(OC(=O)c1ccccc1P(c1ccccc1)c1ccccc1)[C@H](C)C(=O)N1C(=O)OC[C@H]1C(C)C. The first kappa shape index (κ1) is 28.3. The third kappa shape index (κ3) is 6.12. The summed E-state index contributed by atoms with van der Waals surface area (Å²) in [5.41, 5.74) is 0.951. The van der Waals surface area contributed by atoms with Crippen LogP contribution in [0.4, 0.5) is 4.79 Å². The van der Waals surface area contributed by atoms with Gasteiger partial charge in [0.05, 0.1) is 17.5 Å². The molecule has 1 saturated heterocycles. The molecule has 7 heteroatoms. The number of rotatable bonds is 9. The van der Waals surface area contributed by atoms with E-state index in [2.05, 4.69) is 30.8 Å². The zero-order valence-electron chi connectivity index (χ0n) is 22.7. The molecule has 0 saturated carbocycles. The monoisotopic (exact) mass is 543 g/mol. The molecule has 2 amide bonds. The largest absolute Gasteiger partial charge is 0.453 e. The fraction of sp³-hybridized carbons (Fsp3) is 0.281. The van der Waals surface area contributed by atoms with Gasteiger partial charge in [0.1, 0.15) is 12.7 Å². The van der Waals surface area contributed by atoms with Crippen LogP contribution in [0.15, 0.2) is 97.1 Å². The Labute approximate surface area is 231 Å². The van der Waals surface area contributed by atoms with Crippen molar-refractivity contribution >= 4 is 41.8 Å². The molecule has 1 aliphatic heterocycles. The van der Waals surface area contributed by atoms with Crippen molar-refractivity contribution in [2.24, 2.45) is 11.8 Å². The van der Waals surface area contributed by atoms with Gasteiger partial charge >= 0.3 is 12.1 Å². The fourth-order valence-corrected chi connectivity index (χ4v) is 7.20. The van der Waals surface area contributed by atoms with Crippen LogP contribution >= 0.6 is 7.92 Å². The van der Waals surface area contributed by atoms with Gasteiger partial charge in [-0.2, -0.15) is 0 Å². The lowest BCUT2D eigenvalue weighted by atomic mass is 9.95. The highest BCUT2D eigenvalue weighted by molar-refractivity contribution is 7.80. The van der Waals surface area contributed by atoms with Gasteiger partial charge in [0.25, 0.3) is 0 Å². The summed E-state index contributed by atoms with van der Waals surface area (Å²) in [6, 6.07) is 27.3. The average Bonchev–Trinajstić information content (AvgIpc) is 3.34. The van der Waals surface area contributed by atoms with Crippen LogP contribution in [-0.4, -0.2) is 41.6 Å². The van der Waals surface area contributed by atoms with Crippen LogP contribution in [0.3, 0.4) is 0 Å². The van der Waals surface area contributed by atoms with Gasteiger partial charge in [0.2, 0.25) is 5.91 Å². The molecule has 3 aromatic rings. The summed E-state index contributed by atoms with van der Waals surface area (Å²) in [6.07, 6.45) is -1.59. The second-order valence-corrected chi connectivity index (χ2v) is 12.3. The number of esters is 1. The average molecular weight is 544 g/mol. The van der Waals surface area contributed by atoms with Gasteiger partial charge < -0.3 is 9.47 Å². The van der Waals surface area contributed by atoms with Crippen molar-refractivity contribution < 1.29 is 23.9 Å². The molecule has 3 aromatic carbocycles. The highest BCUT2D eigenvalue weighted by atomic mass is 31.1. The Morgan fingerprint density at radius 2 is 1.46 bits per heavy atom. The molecule has 0 aliphatic carbocycles. The molecule has 6 nitrogen and oxygen atoms in total. The quantitative estimate of drug-likeness (QED) is 0.211. The lowest BCUT2D eigenvalue weighted by Crippen LogP contribution is -2.47. The van der Waals surface area contributed by atoms with Crippen molar-refractivity contribution in [1.29, 1.82) is 0 Å².